The van der Waals surface area contributed by atoms with Crippen LogP contribution < -0.4 is 0 Å². The zero-order chi connectivity index (χ0) is 27.2. The van der Waals surface area contributed by atoms with Crippen molar-refractivity contribution in [3.63, 3.8) is 0 Å². The van der Waals surface area contributed by atoms with Crippen LogP contribution in [0, 0.1) is 46.3 Å². The van der Waals surface area contributed by atoms with Crippen molar-refractivity contribution in [2.24, 2.45) is 46.3 Å². The van der Waals surface area contributed by atoms with Gasteiger partial charge in [-0.05, 0) is 168 Å². The third-order valence-corrected chi connectivity index (χ3v) is 13.3. The SMILES string of the molecule is C=Cc1cc(C=C)cc(C2C3CC4CC2C(c2cc(C=C)cc(C=C)c2)C(C25CC6CC(CC(C6)C2)C5)(C4)C3)c1. The molecule has 40 heavy (non-hydrogen) atoms. The first-order chi connectivity index (χ1) is 19.5. The fourth-order valence-electron chi connectivity index (χ4n) is 12.8. The largest absolute Gasteiger partial charge is 0.0985 e. The standard InChI is InChI=1S/C40H46/c1-5-25-9-26(6-2)15-33(14-25)37-35-18-32-19-36(37)38(34-16-27(7-3)10-28(8-4)17-34)40(23-32,24-35)39-20-29-11-30(21-39)13-31(12-29)22-39/h5-10,14-17,29-32,35-38H,1-4,11-13,18-24H2. The number of rotatable bonds is 7. The fourth-order valence-corrected chi connectivity index (χ4v) is 12.8. The molecule has 206 valence electrons. The quantitative estimate of drug-likeness (QED) is 0.336. The fraction of sp³-hybridized carbons (Fsp3) is 0.500. The van der Waals surface area contributed by atoms with Crippen LogP contribution in [0.5, 0.6) is 0 Å². The topological polar surface area (TPSA) is 0 Å². The second-order valence-electron chi connectivity index (χ2n) is 15.2. The van der Waals surface area contributed by atoms with Crippen molar-refractivity contribution in [1.82, 2.24) is 0 Å². The van der Waals surface area contributed by atoms with E-state index in [-0.39, 0.29) is 0 Å². The summed E-state index contributed by atoms with van der Waals surface area (Å²) in [6, 6.07) is 14.5. The van der Waals surface area contributed by atoms with Gasteiger partial charge in [0.15, 0.2) is 0 Å². The lowest BCUT2D eigenvalue weighted by Gasteiger charge is -2.74. The van der Waals surface area contributed by atoms with Crippen LogP contribution in [-0.4, -0.2) is 0 Å². The first kappa shape index (κ1) is 25.1. The molecule has 8 aliphatic rings. The van der Waals surface area contributed by atoms with Gasteiger partial charge in [0, 0.05) is 0 Å². The highest BCUT2D eigenvalue weighted by Crippen LogP contribution is 2.80. The van der Waals surface area contributed by atoms with Crippen molar-refractivity contribution >= 4 is 24.3 Å². The predicted octanol–water partition coefficient (Wildman–Crippen LogP) is 10.8. The summed E-state index contributed by atoms with van der Waals surface area (Å²) >= 11 is 0. The molecular formula is C40H46. The van der Waals surface area contributed by atoms with E-state index >= 15 is 0 Å². The second kappa shape index (κ2) is 8.95. The summed E-state index contributed by atoms with van der Waals surface area (Å²) < 4.78 is 0. The summed E-state index contributed by atoms with van der Waals surface area (Å²) in [4.78, 5) is 0. The minimum Gasteiger partial charge on any atom is -0.0985 e. The highest BCUT2D eigenvalue weighted by atomic mass is 14.7. The van der Waals surface area contributed by atoms with E-state index in [4.69, 9.17) is 0 Å². The molecule has 2 aromatic rings. The Balaban J connectivity index is 1.33. The van der Waals surface area contributed by atoms with Crippen molar-refractivity contribution in [2.45, 2.75) is 76.0 Å². The van der Waals surface area contributed by atoms with Crippen molar-refractivity contribution in [1.29, 1.82) is 0 Å². The van der Waals surface area contributed by atoms with E-state index < -0.39 is 0 Å². The molecule has 0 N–H and O–H groups in total. The molecule has 10 rings (SSSR count). The molecule has 8 saturated carbocycles. The Morgan fingerprint density at radius 2 is 1.00 bits per heavy atom. The van der Waals surface area contributed by atoms with Crippen molar-refractivity contribution in [3.8, 4) is 0 Å². The van der Waals surface area contributed by atoms with Crippen LogP contribution in [0.4, 0.5) is 0 Å². The van der Waals surface area contributed by atoms with Gasteiger partial charge in [0.2, 0.25) is 0 Å². The lowest BCUT2D eigenvalue weighted by atomic mass is 9.30. The summed E-state index contributed by atoms with van der Waals surface area (Å²) in [7, 11) is 0. The molecule has 6 unspecified atom stereocenters. The smallest absolute Gasteiger partial charge is 0.00650 e. The van der Waals surface area contributed by atoms with Gasteiger partial charge in [0.1, 0.15) is 0 Å². The molecule has 0 nitrogen and oxygen atoms in total. The average molecular weight is 527 g/mol. The van der Waals surface area contributed by atoms with Gasteiger partial charge in [-0.25, -0.2) is 0 Å². The van der Waals surface area contributed by atoms with Crippen LogP contribution in [-0.2, 0) is 0 Å². The first-order valence-electron chi connectivity index (χ1n) is 16.3. The molecule has 0 aromatic heterocycles. The zero-order valence-corrected chi connectivity index (χ0v) is 24.3. The summed E-state index contributed by atoms with van der Waals surface area (Å²) in [5.74, 6) is 6.67. The number of benzene rings is 2. The summed E-state index contributed by atoms with van der Waals surface area (Å²) in [6.45, 7) is 16.7. The van der Waals surface area contributed by atoms with Gasteiger partial charge in [0.25, 0.3) is 0 Å². The Morgan fingerprint density at radius 3 is 1.50 bits per heavy atom. The molecule has 0 aliphatic heterocycles. The van der Waals surface area contributed by atoms with E-state index in [9.17, 15) is 0 Å². The van der Waals surface area contributed by atoms with E-state index in [1.807, 2.05) is 12.2 Å². The molecule has 0 amide bonds. The van der Waals surface area contributed by atoms with E-state index in [0.717, 1.165) is 29.6 Å². The molecular weight excluding hydrogens is 480 g/mol. The van der Waals surface area contributed by atoms with E-state index in [1.165, 1.54) is 86.5 Å². The predicted molar refractivity (Wildman–Crippen MR) is 171 cm³/mol. The first-order valence-corrected chi connectivity index (χ1v) is 16.3. The van der Waals surface area contributed by atoms with Crippen molar-refractivity contribution in [2.75, 3.05) is 0 Å². The summed E-state index contributed by atoms with van der Waals surface area (Å²) in [5, 5.41) is 0. The van der Waals surface area contributed by atoms with Gasteiger partial charge < -0.3 is 0 Å². The summed E-state index contributed by atoms with van der Waals surface area (Å²) in [6.07, 6.45) is 23.1. The maximum Gasteiger partial charge on any atom is -0.00650 e. The minimum absolute atomic E-state index is 0.450. The van der Waals surface area contributed by atoms with Gasteiger partial charge >= 0.3 is 0 Å². The van der Waals surface area contributed by atoms with Crippen molar-refractivity contribution < 1.29 is 0 Å². The summed E-state index contributed by atoms with van der Waals surface area (Å²) in [5.41, 5.74) is 9.18. The Bertz CT molecular complexity index is 1320. The third-order valence-electron chi connectivity index (χ3n) is 13.3. The van der Waals surface area contributed by atoms with Crippen LogP contribution in [0.1, 0.15) is 109 Å². The molecule has 8 fully saturated rings. The number of hydrogen-bond acceptors (Lipinski definition) is 0. The highest BCUT2D eigenvalue weighted by molar-refractivity contribution is 5.60. The molecule has 6 atom stereocenters. The molecule has 0 heteroatoms. The van der Waals surface area contributed by atoms with Crippen molar-refractivity contribution in [3.05, 3.63) is 96.1 Å². The van der Waals surface area contributed by atoms with E-state index in [0.29, 0.717) is 28.6 Å². The minimum atomic E-state index is 0.450. The van der Waals surface area contributed by atoms with E-state index in [2.05, 4.69) is 74.9 Å². The molecule has 8 aliphatic carbocycles. The Labute approximate surface area is 242 Å². The molecule has 0 saturated heterocycles. The zero-order valence-electron chi connectivity index (χ0n) is 24.3. The molecule has 0 radical (unpaired) electrons. The Hall–Kier alpha value is -2.60. The van der Waals surface area contributed by atoms with Crippen LogP contribution in [0.3, 0.4) is 0 Å². The lowest BCUT2D eigenvalue weighted by Crippen LogP contribution is -2.65. The normalized spacial score (nSPS) is 42.1. The second-order valence-corrected chi connectivity index (χ2v) is 15.2. The maximum atomic E-state index is 4.20. The lowest BCUT2D eigenvalue weighted by molar-refractivity contribution is -0.217. The van der Waals surface area contributed by atoms with Gasteiger partial charge in [0.05, 0.1) is 0 Å². The van der Waals surface area contributed by atoms with E-state index in [1.54, 1.807) is 11.1 Å². The Morgan fingerprint density at radius 1 is 0.525 bits per heavy atom. The van der Waals surface area contributed by atoms with Gasteiger partial charge in [-0.3, -0.25) is 0 Å². The monoisotopic (exact) mass is 526 g/mol. The molecule has 0 spiro atoms. The maximum absolute atomic E-state index is 4.20. The van der Waals surface area contributed by atoms with Crippen LogP contribution in [0.2, 0.25) is 0 Å². The molecule has 0 heterocycles. The van der Waals surface area contributed by atoms with Crippen LogP contribution in [0.25, 0.3) is 24.3 Å². The molecule has 8 bridgehead atoms. The van der Waals surface area contributed by atoms with Gasteiger partial charge in [-0.1, -0.05) is 74.9 Å². The van der Waals surface area contributed by atoms with Gasteiger partial charge in [-0.15, -0.1) is 0 Å². The van der Waals surface area contributed by atoms with Crippen LogP contribution >= 0.6 is 0 Å². The van der Waals surface area contributed by atoms with Gasteiger partial charge in [-0.2, -0.15) is 0 Å². The number of hydrogen-bond donors (Lipinski definition) is 0. The third kappa shape index (κ3) is 3.50. The van der Waals surface area contributed by atoms with Crippen LogP contribution in [0.15, 0.2) is 62.7 Å². The average Bonchev–Trinajstić information content (AvgIpc) is 2.95. The highest BCUT2D eigenvalue weighted by Gasteiger charge is 2.70. The Kier molecular flexibility index (Phi) is 5.62. The molecule has 2 aromatic carbocycles.